The van der Waals surface area contributed by atoms with E-state index < -0.39 is 0 Å². The van der Waals surface area contributed by atoms with Crippen LogP contribution in [0.3, 0.4) is 0 Å². The summed E-state index contributed by atoms with van der Waals surface area (Å²) >= 11 is 0. The molecule has 0 aliphatic rings. The maximum absolute atomic E-state index is 3.71. The molecule has 0 aromatic heterocycles. The Morgan fingerprint density at radius 2 is 2.18 bits per heavy atom. The number of hydrogen-bond donors (Lipinski definition) is 1. The number of halogens is 1. The molecule has 0 rings (SSSR count). The Morgan fingerprint density at radius 1 is 1.55 bits per heavy atom. The van der Waals surface area contributed by atoms with Crippen molar-refractivity contribution in [3.8, 4) is 0 Å². The fourth-order valence-electron chi connectivity index (χ4n) is 1.09. The van der Waals surface area contributed by atoms with Crippen LogP contribution >= 0.6 is 12.4 Å². The summed E-state index contributed by atoms with van der Waals surface area (Å²) in [6.07, 6.45) is 5.70. The zero-order valence-corrected chi connectivity index (χ0v) is 8.41. The van der Waals surface area contributed by atoms with Gasteiger partial charge in [-0.15, -0.1) is 19.0 Å². The van der Waals surface area contributed by atoms with E-state index in [2.05, 4.69) is 18.8 Å². The SMILES string of the molecule is C=CCCC(CC)CNC.Cl. The van der Waals surface area contributed by atoms with Gasteiger partial charge in [0.05, 0.1) is 0 Å². The van der Waals surface area contributed by atoms with Crippen molar-refractivity contribution in [1.29, 1.82) is 0 Å². The third-order valence-electron chi connectivity index (χ3n) is 1.85. The average molecular weight is 178 g/mol. The molecule has 0 aliphatic heterocycles. The van der Waals surface area contributed by atoms with E-state index in [-0.39, 0.29) is 12.4 Å². The van der Waals surface area contributed by atoms with Crippen LogP contribution in [0.25, 0.3) is 0 Å². The van der Waals surface area contributed by atoms with Crippen LogP contribution in [0, 0.1) is 5.92 Å². The standard InChI is InChI=1S/C9H19N.ClH/c1-4-6-7-9(5-2)8-10-3;/h4,9-10H,1,5-8H2,2-3H3;1H. The van der Waals surface area contributed by atoms with Gasteiger partial charge in [-0.3, -0.25) is 0 Å². The lowest BCUT2D eigenvalue weighted by Gasteiger charge is -2.11. The molecule has 0 amide bonds. The van der Waals surface area contributed by atoms with Gasteiger partial charge in [-0.1, -0.05) is 19.4 Å². The molecule has 0 spiro atoms. The molecule has 0 radical (unpaired) electrons. The first-order chi connectivity index (χ1) is 4.85. The van der Waals surface area contributed by atoms with Crippen LogP contribution in [0.15, 0.2) is 12.7 Å². The van der Waals surface area contributed by atoms with Crippen LogP contribution in [0.2, 0.25) is 0 Å². The average Bonchev–Trinajstić information content (AvgIpc) is 1.98. The zero-order valence-electron chi connectivity index (χ0n) is 7.60. The number of hydrogen-bond acceptors (Lipinski definition) is 1. The summed E-state index contributed by atoms with van der Waals surface area (Å²) in [4.78, 5) is 0. The van der Waals surface area contributed by atoms with Crippen molar-refractivity contribution in [3.63, 3.8) is 0 Å². The molecular formula is C9H20ClN. The summed E-state index contributed by atoms with van der Waals surface area (Å²) < 4.78 is 0. The van der Waals surface area contributed by atoms with Crippen molar-refractivity contribution in [2.24, 2.45) is 5.92 Å². The smallest absolute Gasteiger partial charge is 0.00235 e. The second kappa shape index (κ2) is 9.99. The van der Waals surface area contributed by atoms with Crippen molar-refractivity contribution in [3.05, 3.63) is 12.7 Å². The second-order valence-corrected chi connectivity index (χ2v) is 2.70. The van der Waals surface area contributed by atoms with Crippen molar-refractivity contribution >= 4 is 12.4 Å². The molecule has 2 heteroatoms. The van der Waals surface area contributed by atoms with Gasteiger partial charge in [0.2, 0.25) is 0 Å². The highest BCUT2D eigenvalue weighted by Gasteiger charge is 2.01. The summed E-state index contributed by atoms with van der Waals surface area (Å²) in [6.45, 7) is 7.09. The van der Waals surface area contributed by atoms with Crippen molar-refractivity contribution in [1.82, 2.24) is 5.32 Å². The van der Waals surface area contributed by atoms with Gasteiger partial charge in [0.15, 0.2) is 0 Å². The molecule has 0 aromatic rings. The Bertz CT molecular complexity index is 83.6. The summed E-state index contributed by atoms with van der Waals surface area (Å²) in [7, 11) is 2.01. The highest BCUT2D eigenvalue weighted by molar-refractivity contribution is 5.85. The minimum Gasteiger partial charge on any atom is -0.319 e. The molecule has 1 atom stereocenters. The van der Waals surface area contributed by atoms with Crippen LogP contribution in [-0.4, -0.2) is 13.6 Å². The Kier molecular flexibility index (Phi) is 12.3. The van der Waals surface area contributed by atoms with Gasteiger partial charge in [0, 0.05) is 0 Å². The molecule has 0 fully saturated rings. The van der Waals surface area contributed by atoms with E-state index in [1.807, 2.05) is 13.1 Å². The topological polar surface area (TPSA) is 12.0 Å². The maximum atomic E-state index is 3.71. The van der Waals surface area contributed by atoms with E-state index in [1.165, 1.54) is 12.8 Å². The summed E-state index contributed by atoms with van der Waals surface area (Å²) in [6, 6.07) is 0. The predicted octanol–water partition coefficient (Wildman–Crippen LogP) is 2.62. The molecular weight excluding hydrogens is 158 g/mol. The first-order valence-corrected chi connectivity index (χ1v) is 4.10. The summed E-state index contributed by atoms with van der Waals surface area (Å²) in [5.41, 5.74) is 0. The maximum Gasteiger partial charge on any atom is -0.00235 e. The van der Waals surface area contributed by atoms with Crippen molar-refractivity contribution in [2.75, 3.05) is 13.6 Å². The predicted molar refractivity (Wildman–Crippen MR) is 54.4 cm³/mol. The van der Waals surface area contributed by atoms with Gasteiger partial charge in [0.25, 0.3) is 0 Å². The van der Waals surface area contributed by atoms with Crippen LogP contribution in [0.1, 0.15) is 26.2 Å². The van der Waals surface area contributed by atoms with Crippen molar-refractivity contribution in [2.45, 2.75) is 26.2 Å². The molecule has 1 N–H and O–H groups in total. The number of nitrogens with one attached hydrogen (secondary N) is 1. The Labute approximate surface area is 76.7 Å². The van der Waals surface area contributed by atoms with E-state index in [0.717, 1.165) is 18.9 Å². The molecule has 0 saturated heterocycles. The molecule has 0 heterocycles. The first-order valence-electron chi connectivity index (χ1n) is 4.10. The Hall–Kier alpha value is -0.0100. The number of allylic oxidation sites excluding steroid dienone is 1. The van der Waals surface area contributed by atoms with Gasteiger partial charge >= 0.3 is 0 Å². The molecule has 0 saturated carbocycles. The molecule has 0 aliphatic carbocycles. The lowest BCUT2D eigenvalue weighted by atomic mass is 10.0. The second-order valence-electron chi connectivity index (χ2n) is 2.70. The molecule has 11 heavy (non-hydrogen) atoms. The van der Waals surface area contributed by atoms with E-state index in [0.29, 0.717) is 0 Å². The highest BCUT2D eigenvalue weighted by atomic mass is 35.5. The van der Waals surface area contributed by atoms with Gasteiger partial charge in [0.1, 0.15) is 0 Å². The number of rotatable bonds is 6. The van der Waals surface area contributed by atoms with E-state index in [1.54, 1.807) is 0 Å². The van der Waals surface area contributed by atoms with Crippen LogP contribution < -0.4 is 5.32 Å². The quantitative estimate of drug-likeness (QED) is 0.616. The molecule has 68 valence electrons. The molecule has 0 aromatic carbocycles. The Morgan fingerprint density at radius 3 is 2.55 bits per heavy atom. The minimum absolute atomic E-state index is 0. The van der Waals surface area contributed by atoms with E-state index in [4.69, 9.17) is 0 Å². The van der Waals surface area contributed by atoms with Gasteiger partial charge in [-0.25, -0.2) is 0 Å². The van der Waals surface area contributed by atoms with E-state index >= 15 is 0 Å². The molecule has 1 unspecified atom stereocenters. The third-order valence-corrected chi connectivity index (χ3v) is 1.85. The largest absolute Gasteiger partial charge is 0.319 e. The summed E-state index contributed by atoms with van der Waals surface area (Å²) in [5.74, 6) is 0.836. The highest BCUT2D eigenvalue weighted by Crippen LogP contribution is 2.09. The Balaban J connectivity index is 0. The van der Waals surface area contributed by atoms with E-state index in [9.17, 15) is 0 Å². The van der Waals surface area contributed by atoms with Crippen molar-refractivity contribution < 1.29 is 0 Å². The fourth-order valence-corrected chi connectivity index (χ4v) is 1.09. The monoisotopic (exact) mass is 177 g/mol. The first kappa shape index (κ1) is 13.6. The molecule has 0 bridgehead atoms. The van der Waals surface area contributed by atoms with Crippen LogP contribution in [-0.2, 0) is 0 Å². The van der Waals surface area contributed by atoms with Gasteiger partial charge < -0.3 is 5.32 Å². The summed E-state index contributed by atoms with van der Waals surface area (Å²) in [5, 5.41) is 3.19. The lowest BCUT2D eigenvalue weighted by Crippen LogP contribution is -2.17. The fraction of sp³-hybridized carbons (Fsp3) is 0.778. The normalized spacial score (nSPS) is 11.8. The van der Waals surface area contributed by atoms with Gasteiger partial charge in [-0.05, 0) is 32.4 Å². The lowest BCUT2D eigenvalue weighted by molar-refractivity contribution is 0.454. The zero-order chi connectivity index (χ0) is 7.82. The van der Waals surface area contributed by atoms with Crippen LogP contribution in [0.4, 0.5) is 0 Å². The van der Waals surface area contributed by atoms with Gasteiger partial charge in [-0.2, -0.15) is 0 Å². The minimum atomic E-state index is 0. The van der Waals surface area contributed by atoms with Crippen LogP contribution in [0.5, 0.6) is 0 Å². The molecule has 1 nitrogen and oxygen atoms in total. The third kappa shape index (κ3) is 7.89.